The van der Waals surface area contributed by atoms with E-state index in [9.17, 15) is 0 Å². The van der Waals surface area contributed by atoms with E-state index in [1.54, 1.807) is 6.21 Å². The Hall–Kier alpha value is -2.37. The summed E-state index contributed by atoms with van der Waals surface area (Å²) in [5, 5.41) is 5.72. The third-order valence-corrected chi connectivity index (χ3v) is 3.70. The number of rotatable bonds is 3. The van der Waals surface area contributed by atoms with Gasteiger partial charge in [-0.05, 0) is 30.4 Å². The van der Waals surface area contributed by atoms with E-state index >= 15 is 0 Å². The van der Waals surface area contributed by atoms with Crippen LogP contribution in [-0.2, 0) is 0 Å². The molecule has 0 saturated carbocycles. The molecule has 1 aromatic heterocycles. The molecule has 0 unspecified atom stereocenters. The van der Waals surface area contributed by atoms with E-state index in [-0.39, 0.29) is 5.11 Å². The lowest BCUT2D eigenvalue weighted by Crippen LogP contribution is -2.24. The lowest BCUT2D eigenvalue weighted by atomic mass is 10.2. The van der Waals surface area contributed by atoms with E-state index in [2.05, 4.69) is 10.5 Å². The molecule has 0 fully saturated rings. The molecule has 2 aromatic carbocycles. The van der Waals surface area contributed by atoms with Gasteiger partial charge in [0, 0.05) is 16.6 Å². The van der Waals surface area contributed by atoms with Crippen LogP contribution in [0.3, 0.4) is 0 Å². The van der Waals surface area contributed by atoms with Crippen molar-refractivity contribution in [3.63, 3.8) is 0 Å². The quantitative estimate of drug-likeness (QED) is 0.440. The number of benzene rings is 2. The first kappa shape index (κ1) is 14.6. The van der Waals surface area contributed by atoms with Crippen LogP contribution in [0.2, 0.25) is 5.15 Å². The predicted molar refractivity (Wildman–Crippen MR) is 95.8 cm³/mol. The lowest BCUT2D eigenvalue weighted by Gasteiger charge is -2.06. The Morgan fingerprint density at radius 2 is 1.82 bits per heavy atom. The molecule has 3 rings (SSSR count). The Morgan fingerprint density at radius 1 is 1.14 bits per heavy atom. The van der Waals surface area contributed by atoms with Gasteiger partial charge in [-0.25, -0.2) is 0 Å². The highest BCUT2D eigenvalue weighted by Gasteiger charge is 2.15. The van der Waals surface area contributed by atoms with Crippen molar-refractivity contribution in [2.75, 3.05) is 0 Å². The number of hydrogen-bond donors (Lipinski definition) is 2. The number of para-hydroxylation sites is 2. The first-order chi connectivity index (χ1) is 10.7. The van der Waals surface area contributed by atoms with Gasteiger partial charge in [-0.15, -0.1) is 0 Å². The van der Waals surface area contributed by atoms with Crippen molar-refractivity contribution < 1.29 is 0 Å². The van der Waals surface area contributed by atoms with Crippen molar-refractivity contribution in [1.29, 1.82) is 0 Å². The highest BCUT2D eigenvalue weighted by Crippen LogP contribution is 2.31. The second kappa shape index (κ2) is 6.17. The van der Waals surface area contributed by atoms with Crippen molar-refractivity contribution in [1.82, 2.24) is 9.99 Å². The zero-order valence-electron chi connectivity index (χ0n) is 11.5. The van der Waals surface area contributed by atoms with Crippen molar-refractivity contribution in [3.8, 4) is 5.69 Å². The molecule has 3 aromatic rings. The minimum atomic E-state index is 0.110. The summed E-state index contributed by atoms with van der Waals surface area (Å²) in [4.78, 5) is 0. The smallest absolute Gasteiger partial charge is 0.184 e. The molecule has 0 aliphatic heterocycles. The van der Waals surface area contributed by atoms with E-state index in [1.807, 2.05) is 59.2 Å². The summed E-state index contributed by atoms with van der Waals surface area (Å²) in [5.41, 5.74) is 10.7. The molecule has 110 valence electrons. The minimum absolute atomic E-state index is 0.110. The molecule has 0 aliphatic carbocycles. The van der Waals surface area contributed by atoms with Gasteiger partial charge in [-0.1, -0.05) is 48.0 Å². The Balaban J connectivity index is 2.20. The number of hydrazone groups is 1. The van der Waals surface area contributed by atoms with Crippen LogP contribution in [-0.4, -0.2) is 15.9 Å². The molecular formula is C16H13ClN4S. The van der Waals surface area contributed by atoms with Crippen LogP contribution in [0.5, 0.6) is 0 Å². The summed E-state index contributed by atoms with van der Waals surface area (Å²) in [6, 6.07) is 17.9. The summed E-state index contributed by atoms with van der Waals surface area (Å²) >= 11 is 11.3. The van der Waals surface area contributed by atoms with Gasteiger partial charge in [0.1, 0.15) is 5.15 Å². The summed E-state index contributed by atoms with van der Waals surface area (Å²) in [5.74, 6) is 0. The van der Waals surface area contributed by atoms with E-state index < -0.39 is 0 Å². The van der Waals surface area contributed by atoms with Crippen molar-refractivity contribution in [2.24, 2.45) is 10.8 Å². The minimum Gasteiger partial charge on any atom is -0.375 e. The number of nitrogens with zero attached hydrogens (tertiary/aromatic N) is 2. The standard InChI is InChI=1S/C16H13ClN4S/c17-15-13(10-19-20-16(18)22)12-8-4-5-9-14(12)21(15)11-6-2-1-3-7-11/h1-10H,(H3,18,20,22). The molecule has 6 heteroatoms. The normalized spacial score (nSPS) is 11.1. The predicted octanol–water partition coefficient (Wildman–Crippen LogP) is 3.45. The summed E-state index contributed by atoms with van der Waals surface area (Å²) in [7, 11) is 0. The third-order valence-electron chi connectivity index (χ3n) is 3.24. The molecule has 0 spiro atoms. The maximum atomic E-state index is 6.58. The number of thiocarbonyl (C=S) groups is 1. The van der Waals surface area contributed by atoms with Crippen LogP contribution in [0, 0.1) is 0 Å². The Morgan fingerprint density at radius 3 is 2.55 bits per heavy atom. The summed E-state index contributed by atoms with van der Waals surface area (Å²) < 4.78 is 1.99. The monoisotopic (exact) mass is 328 g/mol. The van der Waals surface area contributed by atoms with Crippen LogP contribution in [0.1, 0.15) is 5.56 Å². The zero-order chi connectivity index (χ0) is 15.5. The number of nitrogens with one attached hydrogen (secondary N) is 1. The van der Waals surface area contributed by atoms with Crippen LogP contribution in [0.15, 0.2) is 59.7 Å². The van der Waals surface area contributed by atoms with Gasteiger partial charge in [0.05, 0.1) is 11.7 Å². The molecule has 22 heavy (non-hydrogen) atoms. The molecule has 0 amide bonds. The van der Waals surface area contributed by atoms with Crippen LogP contribution >= 0.6 is 23.8 Å². The highest BCUT2D eigenvalue weighted by atomic mass is 35.5. The van der Waals surface area contributed by atoms with Gasteiger partial charge in [0.15, 0.2) is 5.11 Å². The van der Waals surface area contributed by atoms with Gasteiger partial charge >= 0.3 is 0 Å². The summed E-state index contributed by atoms with van der Waals surface area (Å²) in [6.45, 7) is 0. The molecule has 0 bridgehead atoms. The van der Waals surface area contributed by atoms with Crippen LogP contribution in [0.25, 0.3) is 16.6 Å². The number of nitrogens with two attached hydrogens (primary N) is 1. The largest absolute Gasteiger partial charge is 0.375 e. The fourth-order valence-corrected chi connectivity index (χ4v) is 2.74. The lowest BCUT2D eigenvalue weighted by molar-refractivity contribution is 1.04. The Labute approximate surface area is 138 Å². The van der Waals surface area contributed by atoms with Crippen LogP contribution < -0.4 is 11.2 Å². The summed E-state index contributed by atoms with van der Waals surface area (Å²) in [6.07, 6.45) is 1.63. The average Bonchev–Trinajstić information content (AvgIpc) is 2.80. The number of fused-ring (bicyclic) bond motifs is 1. The van der Waals surface area contributed by atoms with Crippen molar-refractivity contribution in [2.45, 2.75) is 0 Å². The van der Waals surface area contributed by atoms with Gasteiger partial charge in [0.2, 0.25) is 0 Å². The molecule has 0 atom stereocenters. The molecule has 3 N–H and O–H groups in total. The fourth-order valence-electron chi connectivity index (χ4n) is 2.35. The van der Waals surface area contributed by atoms with Gasteiger partial charge in [-0.3, -0.25) is 9.99 Å². The SMILES string of the molecule is NC(=S)NN=Cc1c(Cl)n(-c2ccccc2)c2ccccc12. The van der Waals surface area contributed by atoms with E-state index in [0.717, 1.165) is 22.2 Å². The topological polar surface area (TPSA) is 55.3 Å². The molecule has 0 radical (unpaired) electrons. The molecular weight excluding hydrogens is 316 g/mol. The molecule has 4 nitrogen and oxygen atoms in total. The average molecular weight is 329 g/mol. The van der Waals surface area contributed by atoms with Gasteiger partial charge < -0.3 is 5.73 Å². The van der Waals surface area contributed by atoms with Crippen molar-refractivity contribution in [3.05, 3.63) is 65.3 Å². The molecule has 1 heterocycles. The first-order valence-corrected chi connectivity index (χ1v) is 7.40. The van der Waals surface area contributed by atoms with Gasteiger partial charge in [-0.2, -0.15) is 5.10 Å². The maximum absolute atomic E-state index is 6.58. The second-order valence-corrected chi connectivity index (χ2v) is 5.42. The van der Waals surface area contributed by atoms with Gasteiger partial charge in [0.25, 0.3) is 0 Å². The number of aromatic nitrogens is 1. The van der Waals surface area contributed by atoms with E-state index in [1.165, 1.54) is 0 Å². The van der Waals surface area contributed by atoms with E-state index in [4.69, 9.17) is 29.6 Å². The Bertz CT molecular complexity index is 855. The molecule has 0 aliphatic rings. The number of hydrogen-bond acceptors (Lipinski definition) is 2. The number of halogens is 1. The first-order valence-electron chi connectivity index (χ1n) is 6.61. The fraction of sp³-hybridized carbons (Fsp3) is 0. The van der Waals surface area contributed by atoms with Crippen LogP contribution in [0.4, 0.5) is 0 Å². The van der Waals surface area contributed by atoms with E-state index in [0.29, 0.717) is 5.15 Å². The van der Waals surface area contributed by atoms with Crippen molar-refractivity contribution >= 4 is 46.0 Å². The zero-order valence-corrected chi connectivity index (χ0v) is 13.1. The molecule has 0 saturated heterocycles. The Kier molecular flexibility index (Phi) is 4.09. The third kappa shape index (κ3) is 2.68. The highest BCUT2D eigenvalue weighted by molar-refractivity contribution is 7.80. The maximum Gasteiger partial charge on any atom is 0.184 e. The second-order valence-electron chi connectivity index (χ2n) is 4.63.